The molecule has 1 fully saturated rings. The monoisotopic (exact) mass is 387 g/mol. The predicted octanol–water partition coefficient (Wildman–Crippen LogP) is 5.47. The van der Waals surface area contributed by atoms with E-state index in [4.69, 9.17) is 0 Å². The van der Waals surface area contributed by atoms with Gasteiger partial charge in [0.1, 0.15) is 5.82 Å². The van der Waals surface area contributed by atoms with Gasteiger partial charge in [-0.15, -0.1) is 0 Å². The Morgan fingerprint density at radius 1 is 1.04 bits per heavy atom. The van der Waals surface area contributed by atoms with Crippen molar-refractivity contribution in [2.24, 2.45) is 0 Å². The number of hydrogen-bond donors (Lipinski definition) is 0. The fraction of sp³-hybridized carbons (Fsp3) is 0.250. The van der Waals surface area contributed by atoms with Crippen LogP contribution in [0.4, 0.5) is 10.1 Å². The normalized spacial score (nSPS) is 15.0. The van der Waals surface area contributed by atoms with Crippen LogP contribution >= 0.6 is 15.9 Å². The fourth-order valence-electron chi connectivity index (χ4n) is 2.89. The van der Waals surface area contributed by atoms with Gasteiger partial charge < -0.3 is 4.90 Å². The summed E-state index contributed by atoms with van der Waals surface area (Å²) in [5.41, 5.74) is 2.17. The van der Waals surface area contributed by atoms with E-state index in [9.17, 15) is 9.18 Å². The lowest BCUT2D eigenvalue weighted by molar-refractivity contribution is 0.104. The Bertz CT molecular complexity index is 749. The van der Waals surface area contributed by atoms with Crippen molar-refractivity contribution < 1.29 is 9.18 Å². The Labute approximate surface area is 150 Å². The highest BCUT2D eigenvalue weighted by molar-refractivity contribution is 9.10. The zero-order valence-electron chi connectivity index (χ0n) is 13.3. The number of halogens is 2. The van der Waals surface area contributed by atoms with Crippen molar-refractivity contribution in [1.29, 1.82) is 0 Å². The summed E-state index contributed by atoms with van der Waals surface area (Å²) in [4.78, 5) is 14.6. The number of rotatable bonds is 4. The number of anilines is 1. The smallest absolute Gasteiger partial charge is 0.185 e. The maximum atomic E-state index is 13.7. The lowest BCUT2D eigenvalue weighted by Gasteiger charge is -2.28. The molecule has 1 saturated heterocycles. The molecule has 0 radical (unpaired) electrons. The Kier molecular flexibility index (Phi) is 5.46. The fourth-order valence-corrected chi connectivity index (χ4v) is 3.27. The van der Waals surface area contributed by atoms with Crippen LogP contribution in [-0.4, -0.2) is 18.9 Å². The second-order valence-corrected chi connectivity index (χ2v) is 6.87. The topological polar surface area (TPSA) is 20.3 Å². The third kappa shape index (κ3) is 4.12. The maximum absolute atomic E-state index is 13.7. The first kappa shape index (κ1) is 16.9. The number of allylic oxidation sites excluding steroid dienone is 1. The molecule has 0 amide bonds. The minimum Gasteiger partial charge on any atom is -0.372 e. The molecule has 24 heavy (non-hydrogen) atoms. The van der Waals surface area contributed by atoms with Crippen LogP contribution in [-0.2, 0) is 0 Å². The molecule has 0 atom stereocenters. The van der Waals surface area contributed by atoms with Crippen molar-refractivity contribution >= 4 is 33.5 Å². The highest BCUT2D eigenvalue weighted by Gasteiger charge is 2.11. The molecule has 0 spiro atoms. The zero-order chi connectivity index (χ0) is 16.9. The van der Waals surface area contributed by atoms with E-state index in [1.165, 1.54) is 37.5 Å². The minimum absolute atomic E-state index is 0.125. The summed E-state index contributed by atoms with van der Waals surface area (Å²) in [7, 11) is 0. The molecule has 1 aliphatic rings. The van der Waals surface area contributed by atoms with E-state index in [0.717, 1.165) is 23.2 Å². The molecule has 2 nitrogen and oxygen atoms in total. The van der Waals surface area contributed by atoms with E-state index in [-0.39, 0.29) is 11.6 Å². The lowest BCUT2D eigenvalue weighted by Crippen LogP contribution is -2.29. The quantitative estimate of drug-likeness (QED) is 0.511. The van der Waals surface area contributed by atoms with Gasteiger partial charge in [0.25, 0.3) is 0 Å². The van der Waals surface area contributed by atoms with E-state index >= 15 is 0 Å². The van der Waals surface area contributed by atoms with E-state index in [1.54, 1.807) is 12.1 Å². The predicted molar refractivity (Wildman–Crippen MR) is 100.0 cm³/mol. The van der Waals surface area contributed by atoms with Crippen LogP contribution in [0.25, 0.3) is 6.08 Å². The van der Waals surface area contributed by atoms with Crippen LogP contribution in [0.15, 0.2) is 53.0 Å². The molecule has 0 saturated carbocycles. The Morgan fingerprint density at radius 2 is 1.75 bits per heavy atom. The van der Waals surface area contributed by atoms with Crippen LogP contribution < -0.4 is 4.90 Å². The average molecular weight is 388 g/mol. The van der Waals surface area contributed by atoms with Gasteiger partial charge in [-0.25, -0.2) is 4.39 Å². The number of carbonyl (C=O) groups excluding carboxylic acids is 1. The number of nitrogens with zero attached hydrogens (tertiary/aromatic N) is 1. The lowest BCUT2D eigenvalue weighted by atomic mass is 10.1. The van der Waals surface area contributed by atoms with Crippen molar-refractivity contribution in [1.82, 2.24) is 0 Å². The molecular formula is C20H19BrFNO. The van der Waals surface area contributed by atoms with Gasteiger partial charge in [0.2, 0.25) is 0 Å². The molecule has 3 rings (SSSR count). The molecule has 124 valence electrons. The molecule has 0 bridgehead atoms. The van der Waals surface area contributed by atoms with Crippen LogP contribution in [0.5, 0.6) is 0 Å². The summed E-state index contributed by atoms with van der Waals surface area (Å²) >= 11 is 3.30. The van der Waals surface area contributed by atoms with Gasteiger partial charge >= 0.3 is 0 Å². The first-order valence-electron chi connectivity index (χ1n) is 8.16. The average Bonchev–Trinajstić information content (AvgIpc) is 2.63. The van der Waals surface area contributed by atoms with Gasteiger partial charge in [0.15, 0.2) is 5.78 Å². The summed E-state index contributed by atoms with van der Waals surface area (Å²) in [6.07, 6.45) is 6.68. The van der Waals surface area contributed by atoms with E-state index < -0.39 is 0 Å². The van der Waals surface area contributed by atoms with E-state index in [2.05, 4.69) is 20.8 Å². The molecule has 4 heteroatoms. The van der Waals surface area contributed by atoms with E-state index in [0.29, 0.717) is 11.1 Å². The van der Waals surface area contributed by atoms with Crippen LogP contribution in [0, 0.1) is 5.82 Å². The van der Waals surface area contributed by atoms with Gasteiger partial charge in [-0.05, 0) is 73.9 Å². The molecule has 1 heterocycles. The number of piperidine rings is 1. The van der Waals surface area contributed by atoms with Crippen molar-refractivity contribution in [2.45, 2.75) is 19.3 Å². The molecule has 2 aromatic carbocycles. The molecule has 0 aromatic heterocycles. The molecule has 2 aromatic rings. The first-order chi connectivity index (χ1) is 11.6. The van der Waals surface area contributed by atoms with Crippen molar-refractivity contribution in [2.75, 3.05) is 18.0 Å². The van der Waals surface area contributed by atoms with Crippen molar-refractivity contribution in [3.8, 4) is 0 Å². The van der Waals surface area contributed by atoms with Crippen LogP contribution in [0.3, 0.4) is 0 Å². The minimum atomic E-state index is -0.345. The zero-order valence-corrected chi connectivity index (χ0v) is 14.9. The highest BCUT2D eigenvalue weighted by Crippen LogP contribution is 2.21. The summed E-state index contributed by atoms with van der Waals surface area (Å²) in [5.74, 6) is -0.470. The standard InChI is InChI=1S/C20H19BrFNO/c21-17-7-10-19(22)16(14-17)6-11-20(24)15-4-8-18(9-5-15)23-12-2-1-3-13-23/h4-11,14H,1-3,12-13H2/b11-6+. The van der Waals surface area contributed by atoms with Gasteiger partial charge in [-0.3, -0.25) is 4.79 Å². The summed E-state index contributed by atoms with van der Waals surface area (Å²) < 4.78 is 14.5. The Hall–Kier alpha value is -1.94. The third-order valence-electron chi connectivity index (χ3n) is 4.25. The Morgan fingerprint density at radius 3 is 2.46 bits per heavy atom. The van der Waals surface area contributed by atoms with Crippen molar-refractivity contribution in [3.05, 3.63) is 70.0 Å². The SMILES string of the molecule is O=C(/C=C/c1cc(Br)ccc1F)c1ccc(N2CCCCC2)cc1. The van der Waals surface area contributed by atoms with E-state index in [1.807, 2.05) is 24.3 Å². The summed E-state index contributed by atoms with van der Waals surface area (Å²) in [6, 6.07) is 12.3. The highest BCUT2D eigenvalue weighted by atomic mass is 79.9. The maximum Gasteiger partial charge on any atom is 0.185 e. The molecule has 0 unspecified atom stereocenters. The van der Waals surface area contributed by atoms with Crippen molar-refractivity contribution in [3.63, 3.8) is 0 Å². The second kappa shape index (κ2) is 7.75. The van der Waals surface area contributed by atoms with Crippen LogP contribution in [0.2, 0.25) is 0 Å². The number of carbonyl (C=O) groups is 1. The van der Waals surface area contributed by atoms with Gasteiger partial charge in [0.05, 0.1) is 0 Å². The third-order valence-corrected chi connectivity index (χ3v) is 4.74. The molecule has 0 aliphatic carbocycles. The largest absolute Gasteiger partial charge is 0.372 e. The summed E-state index contributed by atoms with van der Waals surface area (Å²) in [6.45, 7) is 2.16. The summed E-state index contributed by atoms with van der Waals surface area (Å²) in [5, 5.41) is 0. The van der Waals surface area contributed by atoms with Gasteiger partial charge in [-0.1, -0.05) is 15.9 Å². The second-order valence-electron chi connectivity index (χ2n) is 5.96. The molecular weight excluding hydrogens is 369 g/mol. The van der Waals surface area contributed by atoms with Crippen LogP contribution in [0.1, 0.15) is 35.2 Å². The number of hydrogen-bond acceptors (Lipinski definition) is 2. The number of benzene rings is 2. The number of ketones is 1. The molecule has 0 N–H and O–H groups in total. The first-order valence-corrected chi connectivity index (χ1v) is 8.95. The Balaban J connectivity index is 1.70. The van der Waals surface area contributed by atoms with Gasteiger partial charge in [-0.2, -0.15) is 0 Å². The molecule has 1 aliphatic heterocycles. The van der Waals surface area contributed by atoms with Gasteiger partial charge in [0, 0.05) is 34.4 Å².